The van der Waals surface area contributed by atoms with Crippen molar-refractivity contribution in [2.45, 2.75) is 33.4 Å². The Morgan fingerprint density at radius 1 is 1.37 bits per heavy atom. The van der Waals surface area contributed by atoms with Crippen LogP contribution in [0.1, 0.15) is 25.2 Å². The minimum absolute atomic E-state index is 0.653. The fourth-order valence-electron chi connectivity index (χ4n) is 1.89. The van der Waals surface area contributed by atoms with E-state index < -0.39 is 0 Å². The summed E-state index contributed by atoms with van der Waals surface area (Å²) < 4.78 is 3.78. The SMILES string of the molecule is CC(C)CNCc1cn(CCc2ccnn2C)nn1. The van der Waals surface area contributed by atoms with Crippen molar-refractivity contribution < 1.29 is 0 Å². The van der Waals surface area contributed by atoms with E-state index in [-0.39, 0.29) is 0 Å². The molecule has 2 heterocycles. The zero-order chi connectivity index (χ0) is 13.7. The van der Waals surface area contributed by atoms with Gasteiger partial charge in [0, 0.05) is 44.6 Å². The minimum Gasteiger partial charge on any atom is -0.311 e. The molecule has 0 unspecified atom stereocenters. The van der Waals surface area contributed by atoms with Crippen LogP contribution >= 0.6 is 0 Å². The van der Waals surface area contributed by atoms with Crippen molar-refractivity contribution in [2.75, 3.05) is 6.54 Å². The number of hydrogen-bond acceptors (Lipinski definition) is 4. The van der Waals surface area contributed by atoms with E-state index in [9.17, 15) is 0 Å². The first-order valence-corrected chi connectivity index (χ1v) is 6.71. The first kappa shape index (κ1) is 13.7. The molecule has 0 aliphatic heterocycles. The quantitative estimate of drug-likeness (QED) is 0.808. The third-order valence-corrected chi connectivity index (χ3v) is 2.96. The molecule has 104 valence electrons. The van der Waals surface area contributed by atoms with E-state index in [1.165, 1.54) is 5.69 Å². The van der Waals surface area contributed by atoms with Crippen molar-refractivity contribution in [3.05, 3.63) is 29.8 Å². The fourth-order valence-corrected chi connectivity index (χ4v) is 1.89. The number of aryl methyl sites for hydroxylation is 3. The van der Waals surface area contributed by atoms with Crippen molar-refractivity contribution in [1.82, 2.24) is 30.1 Å². The molecule has 0 spiro atoms. The van der Waals surface area contributed by atoms with E-state index >= 15 is 0 Å². The number of nitrogens with one attached hydrogen (secondary N) is 1. The van der Waals surface area contributed by atoms with E-state index in [2.05, 4.69) is 34.6 Å². The van der Waals surface area contributed by atoms with Gasteiger partial charge in [-0.15, -0.1) is 5.10 Å². The highest BCUT2D eigenvalue weighted by Crippen LogP contribution is 2.01. The predicted octanol–water partition coefficient (Wildman–Crippen LogP) is 1.000. The number of nitrogens with zero attached hydrogens (tertiary/aromatic N) is 5. The lowest BCUT2D eigenvalue weighted by Crippen LogP contribution is -2.19. The summed E-state index contributed by atoms with van der Waals surface area (Å²) in [5, 5.41) is 15.8. The highest BCUT2D eigenvalue weighted by Gasteiger charge is 2.03. The number of aromatic nitrogens is 5. The molecule has 0 bridgehead atoms. The highest BCUT2D eigenvalue weighted by molar-refractivity contribution is 5.00. The fraction of sp³-hybridized carbons (Fsp3) is 0.615. The lowest BCUT2D eigenvalue weighted by Gasteiger charge is -2.04. The normalized spacial score (nSPS) is 11.4. The van der Waals surface area contributed by atoms with Crippen LogP contribution in [-0.2, 0) is 26.6 Å². The van der Waals surface area contributed by atoms with Gasteiger partial charge >= 0.3 is 0 Å². The summed E-state index contributed by atoms with van der Waals surface area (Å²) in [5.74, 6) is 0.653. The van der Waals surface area contributed by atoms with Crippen LogP contribution in [-0.4, -0.2) is 31.3 Å². The molecular weight excluding hydrogens is 240 g/mol. The van der Waals surface area contributed by atoms with Gasteiger partial charge in [0.2, 0.25) is 0 Å². The molecule has 0 atom stereocenters. The Morgan fingerprint density at radius 2 is 2.21 bits per heavy atom. The Morgan fingerprint density at radius 3 is 2.89 bits per heavy atom. The average molecular weight is 262 g/mol. The van der Waals surface area contributed by atoms with Gasteiger partial charge in [0.05, 0.1) is 5.69 Å². The molecule has 2 aromatic rings. The minimum atomic E-state index is 0.653. The molecule has 0 radical (unpaired) electrons. The highest BCUT2D eigenvalue weighted by atomic mass is 15.4. The van der Waals surface area contributed by atoms with Crippen LogP contribution in [0.5, 0.6) is 0 Å². The van der Waals surface area contributed by atoms with Crippen molar-refractivity contribution in [1.29, 1.82) is 0 Å². The van der Waals surface area contributed by atoms with Crippen LogP contribution in [0.2, 0.25) is 0 Å². The third kappa shape index (κ3) is 4.17. The Bertz CT molecular complexity index is 499. The first-order valence-electron chi connectivity index (χ1n) is 6.71. The van der Waals surface area contributed by atoms with E-state index in [1.807, 2.05) is 34.9 Å². The van der Waals surface area contributed by atoms with Crippen molar-refractivity contribution in [2.24, 2.45) is 13.0 Å². The Kier molecular flexibility index (Phi) is 4.68. The third-order valence-electron chi connectivity index (χ3n) is 2.96. The summed E-state index contributed by atoms with van der Waals surface area (Å²) in [6.07, 6.45) is 4.74. The lowest BCUT2D eigenvalue weighted by atomic mass is 10.2. The largest absolute Gasteiger partial charge is 0.311 e. The van der Waals surface area contributed by atoms with Crippen molar-refractivity contribution in [3.8, 4) is 0 Å². The second-order valence-electron chi connectivity index (χ2n) is 5.19. The molecule has 0 fully saturated rings. The van der Waals surface area contributed by atoms with E-state index in [1.54, 1.807) is 0 Å². The summed E-state index contributed by atoms with van der Waals surface area (Å²) in [6.45, 7) is 7.00. The van der Waals surface area contributed by atoms with Gasteiger partial charge in [0.1, 0.15) is 0 Å². The van der Waals surface area contributed by atoms with Gasteiger partial charge in [0.25, 0.3) is 0 Å². The maximum atomic E-state index is 4.16. The molecular formula is C13H22N6. The maximum absolute atomic E-state index is 4.16. The van der Waals surface area contributed by atoms with Crippen LogP contribution in [0.15, 0.2) is 18.5 Å². The smallest absolute Gasteiger partial charge is 0.0964 e. The van der Waals surface area contributed by atoms with Crippen LogP contribution in [0, 0.1) is 5.92 Å². The Hall–Kier alpha value is -1.69. The second-order valence-corrected chi connectivity index (χ2v) is 5.19. The van der Waals surface area contributed by atoms with Crippen molar-refractivity contribution >= 4 is 0 Å². The monoisotopic (exact) mass is 262 g/mol. The predicted molar refractivity (Wildman–Crippen MR) is 73.5 cm³/mol. The zero-order valence-electron chi connectivity index (χ0n) is 11.9. The maximum Gasteiger partial charge on any atom is 0.0964 e. The summed E-state index contributed by atoms with van der Waals surface area (Å²) >= 11 is 0. The van der Waals surface area contributed by atoms with Gasteiger partial charge in [-0.2, -0.15) is 5.10 Å². The van der Waals surface area contributed by atoms with Gasteiger partial charge in [-0.1, -0.05) is 19.1 Å². The molecule has 0 aromatic carbocycles. The summed E-state index contributed by atoms with van der Waals surface area (Å²) in [5.41, 5.74) is 2.20. The molecule has 0 saturated carbocycles. The van der Waals surface area contributed by atoms with E-state index in [4.69, 9.17) is 0 Å². The zero-order valence-corrected chi connectivity index (χ0v) is 11.9. The molecule has 0 saturated heterocycles. The topological polar surface area (TPSA) is 60.6 Å². The Balaban J connectivity index is 1.79. The number of hydrogen-bond donors (Lipinski definition) is 1. The van der Waals surface area contributed by atoms with E-state index in [0.29, 0.717) is 5.92 Å². The molecule has 2 rings (SSSR count). The summed E-state index contributed by atoms with van der Waals surface area (Å²) in [6, 6.07) is 2.03. The first-order chi connectivity index (χ1) is 9.15. The van der Waals surface area contributed by atoms with E-state index in [0.717, 1.165) is 31.7 Å². The van der Waals surface area contributed by atoms with Gasteiger partial charge in [-0.25, -0.2) is 0 Å². The van der Waals surface area contributed by atoms with Gasteiger partial charge in [-0.3, -0.25) is 9.36 Å². The van der Waals surface area contributed by atoms with Crippen LogP contribution in [0.4, 0.5) is 0 Å². The summed E-state index contributed by atoms with van der Waals surface area (Å²) in [7, 11) is 1.96. The van der Waals surface area contributed by atoms with Gasteiger partial charge in [0.15, 0.2) is 0 Å². The lowest BCUT2D eigenvalue weighted by molar-refractivity contribution is 0.547. The van der Waals surface area contributed by atoms with Gasteiger partial charge in [-0.05, 0) is 18.5 Å². The standard InChI is InChI=1S/C13H22N6/c1-11(2)8-14-9-12-10-19(17-16-12)7-5-13-4-6-15-18(13)3/h4,6,10-11,14H,5,7-9H2,1-3H3. The van der Waals surface area contributed by atoms with Crippen LogP contribution < -0.4 is 5.32 Å². The molecule has 0 aliphatic carbocycles. The van der Waals surface area contributed by atoms with Crippen LogP contribution in [0.3, 0.4) is 0 Å². The molecule has 6 nitrogen and oxygen atoms in total. The summed E-state index contributed by atoms with van der Waals surface area (Å²) in [4.78, 5) is 0. The second kappa shape index (κ2) is 6.47. The average Bonchev–Trinajstić information content (AvgIpc) is 2.95. The molecule has 0 amide bonds. The number of rotatable bonds is 7. The molecule has 1 N–H and O–H groups in total. The molecule has 6 heteroatoms. The molecule has 19 heavy (non-hydrogen) atoms. The van der Waals surface area contributed by atoms with Crippen LogP contribution in [0.25, 0.3) is 0 Å². The Labute approximate surface area is 113 Å². The molecule has 2 aromatic heterocycles. The van der Waals surface area contributed by atoms with Gasteiger partial charge < -0.3 is 5.32 Å². The molecule has 0 aliphatic rings. The van der Waals surface area contributed by atoms with Crippen molar-refractivity contribution in [3.63, 3.8) is 0 Å².